The SMILES string of the molecule is COCCN(C(=O)c1cncc(Br)c1)c1nc2ccccc2s1. The number of amides is 1. The number of carbonyl (C=O) groups is 1. The molecule has 0 radical (unpaired) electrons. The van der Waals surface area contributed by atoms with Crippen molar-refractivity contribution in [1.29, 1.82) is 0 Å². The third-order valence-electron chi connectivity index (χ3n) is 3.23. The Morgan fingerprint density at radius 3 is 2.91 bits per heavy atom. The minimum absolute atomic E-state index is 0.144. The van der Waals surface area contributed by atoms with E-state index >= 15 is 0 Å². The van der Waals surface area contributed by atoms with Crippen LogP contribution in [0.4, 0.5) is 5.13 Å². The molecule has 0 atom stereocenters. The Kier molecular flexibility index (Phi) is 5.00. The highest BCUT2D eigenvalue weighted by Gasteiger charge is 2.21. The molecule has 118 valence electrons. The van der Waals surface area contributed by atoms with Crippen LogP contribution in [0.25, 0.3) is 10.2 Å². The van der Waals surface area contributed by atoms with Gasteiger partial charge in [0.05, 0.1) is 28.9 Å². The molecular weight excluding hydrogens is 378 g/mol. The molecule has 2 aromatic heterocycles. The number of ether oxygens (including phenoxy) is 1. The van der Waals surface area contributed by atoms with Crippen molar-refractivity contribution in [3.63, 3.8) is 0 Å². The first kappa shape index (κ1) is 16.0. The normalized spacial score (nSPS) is 10.9. The molecule has 3 rings (SSSR count). The van der Waals surface area contributed by atoms with Gasteiger partial charge in [-0.05, 0) is 34.1 Å². The van der Waals surface area contributed by atoms with E-state index < -0.39 is 0 Å². The lowest BCUT2D eigenvalue weighted by Crippen LogP contribution is -2.34. The van der Waals surface area contributed by atoms with Crippen LogP contribution in [0, 0.1) is 0 Å². The van der Waals surface area contributed by atoms with E-state index in [-0.39, 0.29) is 5.91 Å². The zero-order chi connectivity index (χ0) is 16.2. The van der Waals surface area contributed by atoms with E-state index in [1.165, 1.54) is 11.3 Å². The van der Waals surface area contributed by atoms with Crippen LogP contribution in [0.15, 0.2) is 47.2 Å². The summed E-state index contributed by atoms with van der Waals surface area (Å²) in [5.41, 5.74) is 1.39. The van der Waals surface area contributed by atoms with Crippen LogP contribution >= 0.6 is 27.3 Å². The molecule has 0 aliphatic rings. The number of carbonyl (C=O) groups excluding carboxylic acids is 1. The summed E-state index contributed by atoms with van der Waals surface area (Å²) in [5, 5.41) is 0.660. The number of aromatic nitrogens is 2. The van der Waals surface area contributed by atoms with Crippen molar-refractivity contribution in [2.75, 3.05) is 25.2 Å². The number of benzene rings is 1. The summed E-state index contributed by atoms with van der Waals surface area (Å²) in [6, 6.07) is 9.59. The zero-order valence-corrected chi connectivity index (χ0v) is 14.8. The van der Waals surface area contributed by atoms with E-state index in [1.807, 2.05) is 24.3 Å². The van der Waals surface area contributed by atoms with E-state index in [2.05, 4.69) is 25.9 Å². The lowest BCUT2D eigenvalue weighted by atomic mass is 10.2. The van der Waals surface area contributed by atoms with Gasteiger partial charge in [-0.25, -0.2) is 4.98 Å². The molecule has 0 spiro atoms. The Bertz CT molecular complexity index is 804. The van der Waals surface area contributed by atoms with Crippen LogP contribution in [-0.2, 0) is 4.74 Å². The molecule has 0 fully saturated rings. The maximum absolute atomic E-state index is 12.9. The van der Waals surface area contributed by atoms with Gasteiger partial charge in [-0.3, -0.25) is 14.7 Å². The number of methoxy groups -OCH3 is 1. The number of fused-ring (bicyclic) bond motifs is 1. The number of pyridine rings is 1. The quantitative estimate of drug-likeness (QED) is 0.664. The van der Waals surface area contributed by atoms with Gasteiger partial charge in [-0.2, -0.15) is 0 Å². The van der Waals surface area contributed by atoms with E-state index in [9.17, 15) is 4.79 Å². The number of thiazole rings is 1. The number of para-hydroxylation sites is 1. The monoisotopic (exact) mass is 391 g/mol. The second kappa shape index (κ2) is 7.16. The van der Waals surface area contributed by atoms with E-state index in [0.29, 0.717) is 23.8 Å². The number of halogens is 1. The number of rotatable bonds is 5. The molecule has 0 bridgehead atoms. The number of hydrogen-bond donors (Lipinski definition) is 0. The summed E-state index contributed by atoms with van der Waals surface area (Å²) in [5.74, 6) is -0.144. The van der Waals surface area contributed by atoms with Gasteiger partial charge >= 0.3 is 0 Å². The summed E-state index contributed by atoms with van der Waals surface area (Å²) >= 11 is 4.83. The molecule has 0 N–H and O–H groups in total. The van der Waals surface area contributed by atoms with Crippen LogP contribution in [0.1, 0.15) is 10.4 Å². The highest BCUT2D eigenvalue weighted by molar-refractivity contribution is 9.10. The number of nitrogens with zero attached hydrogens (tertiary/aromatic N) is 3. The van der Waals surface area contributed by atoms with Crippen LogP contribution in [-0.4, -0.2) is 36.1 Å². The Hall–Kier alpha value is -1.83. The molecule has 23 heavy (non-hydrogen) atoms. The Morgan fingerprint density at radius 2 is 2.17 bits per heavy atom. The smallest absolute Gasteiger partial charge is 0.261 e. The summed E-state index contributed by atoms with van der Waals surface area (Å²) in [4.78, 5) is 23.1. The van der Waals surface area contributed by atoms with Crippen molar-refractivity contribution >= 4 is 48.5 Å². The van der Waals surface area contributed by atoms with Crippen LogP contribution < -0.4 is 4.90 Å². The second-order valence-corrected chi connectivity index (χ2v) is 6.73. The third kappa shape index (κ3) is 3.57. The average Bonchev–Trinajstić information content (AvgIpc) is 2.98. The standard InChI is InChI=1S/C16H14BrN3O2S/c1-22-7-6-20(15(21)11-8-12(17)10-18-9-11)16-19-13-4-2-3-5-14(13)23-16/h2-5,8-10H,6-7H2,1H3. The molecule has 1 amide bonds. The van der Waals surface area contributed by atoms with Gasteiger partial charge < -0.3 is 4.74 Å². The van der Waals surface area contributed by atoms with Crippen molar-refractivity contribution in [2.45, 2.75) is 0 Å². The van der Waals surface area contributed by atoms with Gasteiger partial charge in [0, 0.05) is 24.0 Å². The molecule has 3 aromatic rings. The van der Waals surface area contributed by atoms with Crippen LogP contribution in [0.5, 0.6) is 0 Å². The first-order valence-electron chi connectivity index (χ1n) is 6.96. The van der Waals surface area contributed by atoms with Gasteiger partial charge in [0.15, 0.2) is 5.13 Å². The average molecular weight is 392 g/mol. The van der Waals surface area contributed by atoms with Gasteiger partial charge in [0.1, 0.15) is 0 Å². The summed E-state index contributed by atoms with van der Waals surface area (Å²) in [7, 11) is 1.61. The van der Waals surface area contributed by atoms with Gasteiger partial charge in [0.2, 0.25) is 0 Å². The minimum Gasteiger partial charge on any atom is -0.383 e. The minimum atomic E-state index is -0.144. The van der Waals surface area contributed by atoms with Crippen molar-refractivity contribution in [3.8, 4) is 0 Å². The molecule has 0 saturated heterocycles. The van der Waals surface area contributed by atoms with Crippen LogP contribution in [0.2, 0.25) is 0 Å². The van der Waals surface area contributed by atoms with Crippen LogP contribution in [0.3, 0.4) is 0 Å². The Labute approximate surface area is 146 Å². The lowest BCUT2D eigenvalue weighted by Gasteiger charge is -2.19. The summed E-state index contributed by atoms with van der Waals surface area (Å²) in [6.45, 7) is 0.866. The van der Waals surface area contributed by atoms with Crippen molar-refractivity contribution in [2.24, 2.45) is 0 Å². The maximum Gasteiger partial charge on any atom is 0.261 e. The fraction of sp³-hybridized carbons (Fsp3) is 0.188. The second-order valence-electron chi connectivity index (χ2n) is 4.81. The molecule has 0 aliphatic carbocycles. The molecule has 2 heterocycles. The number of hydrogen-bond acceptors (Lipinski definition) is 5. The molecule has 0 saturated carbocycles. The molecule has 0 aliphatic heterocycles. The highest BCUT2D eigenvalue weighted by Crippen LogP contribution is 2.29. The van der Waals surface area contributed by atoms with Gasteiger partial charge in [-0.15, -0.1) is 0 Å². The molecule has 1 aromatic carbocycles. The summed E-state index contributed by atoms with van der Waals surface area (Å²) < 4.78 is 6.95. The predicted octanol–water partition coefficient (Wildman–Crippen LogP) is 3.75. The Morgan fingerprint density at radius 1 is 1.35 bits per heavy atom. The lowest BCUT2D eigenvalue weighted by molar-refractivity contribution is 0.0975. The van der Waals surface area contributed by atoms with Crippen molar-refractivity contribution < 1.29 is 9.53 Å². The maximum atomic E-state index is 12.9. The number of anilines is 1. The van der Waals surface area contributed by atoms with E-state index in [4.69, 9.17) is 4.74 Å². The third-order valence-corrected chi connectivity index (χ3v) is 4.72. The largest absolute Gasteiger partial charge is 0.383 e. The molecule has 0 unspecified atom stereocenters. The zero-order valence-electron chi connectivity index (χ0n) is 12.4. The van der Waals surface area contributed by atoms with Gasteiger partial charge in [-0.1, -0.05) is 23.5 Å². The fourth-order valence-electron chi connectivity index (χ4n) is 2.13. The Balaban J connectivity index is 1.98. The predicted molar refractivity (Wildman–Crippen MR) is 95.1 cm³/mol. The highest BCUT2D eigenvalue weighted by atomic mass is 79.9. The van der Waals surface area contributed by atoms with Crippen molar-refractivity contribution in [1.82, 2.24) is 9.97 Å². The first-order valence-corrected chi connectivity index (χ1v) is 8.57. The molecule has 7 heteroatoms. The topological polar surface area (TPSA) is 55.3 Å². The van der Waals surface area contributed by atoms with Crippen molar-refractivity contribution in [3.05, 3.63) is 52.8 Å². The first-order chi connectivity index (χ1) is 11.2. The summed E-state index contributed by atoms with van der Waals surface area (Å²) in [6.07, 6.45) is 3.20. The van der Waals surface area contributed by atoms with Gasteiger partial charge in [0.25, 0.3) is 5.91 Å². The molecular formula is C16H14BrN3O2S. The van der Waals surface area contributed by atoms with E-state index in [1.54, 1.807) is 30.5 Å². The fourth-order valence-corrected chi connectivity index (χ4v) is 3.48. The van der Waals surface area contributed by atoms with E-state index in [0.717, 1.165) is 14.7 Å². The molecule has 5 nitrogen and oxygen atoms in total.